The Morgan fingerprint density at radius 2 is 1.28 bits per heavy atom. The van der Waals surface area contributed by atoms with Crippen molar-refractivity contribution < 1.29 is 19.0 Å². The van der Waals surface area contributed by atoms with Crippen LogP contribution in [0.3, 0.4) is 0 Å². The molecule has 164 valence electrons. The Morgan fingerprint density at radius 3 is 1.72 bits per heavy atom. The van der Waals surface area contributed by atoms with Gasteiger partial charge in [-0.3, -0.25) is 9.59 Å². The van der Waals surface area contributed by atoms with E-state index < -0.39 is 8.38 Å². The third kappa shape index (κ3) is 12.6. The van der Waals surface area contributed by atoms with Crippen LogP contribution >= 0.6 is 8.38 Å². The lowest BCUT2D eigenvalue weighted by atomic mass is 10.1. The third-order valence-corrected chi connectivity index (χ3v) is 5.17. The van der Waals surface area contributed by atoms with Crippen LogP contribution in [0.5, 0.6) is 0 Å². The summed E-state index contributed by atoms with van der Waals surface area (Å²) in [5.74, 6) is -0.207. The van der Waals surface area contributed by atoms with E-state index >= 15 is 0 Å². The van der Waals surface area contributed by atoms with Gasteiger partial charge in [0.05, 0.1) is 6.61 Å². The molecule has 0 aliphatic carbocycles. The van der Waals surface area contributed by atoms with Gasteiger partial charge in [-0.2, -0.15) is 0 Å². The van der Waals surface area contributed by atoms with Crippen LogP contribution in [-0.4, -0.2) is 43.1 Å². The topological polar surface area (TPSA) is 87.7 Å². The summed E-state index contributed by atoms with van der Waals surface area (Å²) in [6, 6.07) is 6.79. The van der Waals surface area contributed by atoms with Crippen molar-refractivity contribution in [3.63, 3.8) is 0 Å². The van der Waals surface area contributed by atoms with Crippen molar-refractivity contribution in [1.82, 2.24) is 10.6 Å². The number of carbonyl (C=O) groups is 2. The number of hydrogen-bond donors (Lipinski definition) is 3. The van der Waals surface area contributed by atoms with E-state index in [2.05, 4.69) is 17.6 Å². The van der Waals surface area contributed by atoms with Crippen molar-refractivity contribution in [2.24, 2.45) is 0 Å². The second-order valence-corrected chi connectivity index (χ2v) is 8.40. The van der Waals surface area contributed by atoms with Gasteiger partial charge in [-0.15, -0.1) is 0 Å². The van der Waals surface area contributed by atoms with Crippen LogP contribution in [0.2, 0.25) is 0 Å². The first-order chi connectivity index (χ1) is 14.0. The zero-order valence-corrected chi connectivity index (χ0v) is 18.8. The fourth-order valence-electron chi connectivity index (χ4n) is 2.89. The van der Waals surface area contributed by atoms with Crippen LogP contribution < -0.4 is 10.6 Å². The summed E-state index contributed by atoms with van der Waals surface area (Å²) in [6.45, 7) is 5.76. The molecule has 2 amide bonds. The molecule has 29 heavy (non-hydrogen) atoms. The first-order valence-electron chi connectivity index (χ1n) is 10.8. The summed E-state index contributed by atoms with van der Waals surface area (Å²) in [6.07, 6.45) is 9.67. The fraction of sp³-hybridized carbons (Fsp3) is 0.636. The van der Waals surface area contributed by atoms with Crippen molar-refractivity contribution in [3.8, 4) is 0 Å². The van der Waals surface area contributed by atoms with E-state index in [1.54, 1.807) is 30.9 Å². The SMILES string of the molecule is CCCCCCCNC(=O)c1ccc(C(=O)NCCCCCCOP(C)O)cc1. The van der Waals surface area contributed by atoms with Gasteiger partial charge in [0, 0.05) is 30.9 Å². The highest BCUT2D eigenvalue weighted by Crippen LogP contribution is 2.25. The summed E-state index contributed by atoms with van der Waals surface area (Å²) in [5, 5.41) is 5.84. The molecule has 6 nitrogen and oxygen atoms in total. The third-order valence-electron chi connectivity index (χ3n) is 4.61. The van der Waals surface area contributed by atoms with E-state index in [4.69, 9.17) is 9.42 Å². The van der Waals surface area contributed by atoms with Gasteiger partial charge < -0.3 is 20.1 Å². The Bertz CT molecular complexity index is 579. The number of unbranched alkanes of at least 4 members (excludes halogenated alkanes) is 7. The molecule has 0 spiro atoms. The number of rotatable bonds is 16. The Balaban J connectivity index is 2.18. The summed E-state index contributed by atoms with van der Waals surface area (Å²) in [7, 11) is -1.26. The molecule has 0 aliphatic rings. The zero-order valence-electron chi connectivity index (χ0n) is 17.9. The Morgan fingerprint density at radius 1 is 0.828 bits per heavy atom. The van der Waals surface area contributed by atoms with E-state index in [1.165, 1.54) is 19.3 Å². The molecule has 1 aromatic rings. The Labute approximate surface area is 176 Å². The molecule has 1 aromatic carbocycles. The van der Waals surface area contributed by atoms with E-state index in [0.29, 0.717) is 30.8 Å². The lowest BCUT2D eigenvalue weighted by Gasteiger charge is -2.08. The quantitative estimate of drug-likeness (QED) is 0.267. The van der Waals surface area contributed by atoms with Crippen LogP contribution in [0.4, 0.5) is 0 Å². The highest BCUT2D eigenvalue weighted by molar-refractivity contribution is 7.45. The lowest BCUT2D eigenvalue weighted by Crippen LogP contribution is -2.26. The van der Waals surface area contributed by atoms with Crippen LogP contribution in [0.15, 0.2) is 24.3 Å². The van der Waals surface area contributed by atoms with Crippen molar-refractivity contribution in [3.05, 3.63) is 35.4 Å². The zero-order chi connectivity index (χ0) is 21.3. The van der Waals surface area contributed by atoms with Gasteiger partial charge in [-0.1, -0.05) is 45.4 Å². The maximum absolute atomic E-state index is 12.2. The highest BCUT2D eigenvalue weighted by Gasteiger charge is 2.08. The number of hydrogen-bond acceptors (Lipinski definition) is 4. The summed E-state index contributed by atoms with van der Waals surface area (Å²) >= 11 is 0. The van der Waals surface area contributed by atoms with E-state index in [0.717, 1.165) is 38.5 Å². The molecule has 0 saturated carbocycles. The molecule has 0 radical (unpaired) electrons. The predicted molar refractivity (Wildman–Crippen MR) is 119 cm³/mol. The lowest BCUT2D eigenvalue weighted by molar-refractivity contribution is 0.0941. The average Bonchev–Trinajstić information content (AvgIpc) is 2.72. The maximum atomic E-state index is 12.2. The van der Waals surface area contributed by atoms with Crippen molar-refractivity contribution in [2.75, 3.05) is 26.4 Å². The first kappa shape index (κ1) is 25.5. The fourth-order valence-corrected chi connectivity index (χ4v) is 3.28. The van der Waals surface area contributed by atoms with Crippen LogP contribution in [-0.2, 0) is 4.52 Å². The molecule has 0 aromatic heterocycles. The molecule has 0 saturated heterocycles. The normalized spacial score (nSPS) is 11.8. The molecular formula is C22H37N2O4P. The van der Waals surface area contributed by atoms with Crippen LogP contribution in [0.25, 0.3) is 0 Å². The van der Waals surface area contributed by atoms with E-state index in [-0.39, 0.29) is 11.8 Å². The summed E-state index contributed by atoms with van der Waals surface area (Å²) < 4.78 is 5.13. The van der Waals surface area contributed by atoms with Crippen molar-refractivity contribution >= 4 is 20.2 Å². The van der Waals surface area contributed by atoms with Gasteiger partial charge in [0.2, 0.25) is 0 Å². The Kier molecular flexibility index (Phi) is 14.4. The Hall–Kier alpha value is -1.49. The van der Waals surface area contributed by atoms with Gasteiger partial charge in [-0.05, 0) is 43.5 Å². The van der Waals surface area contributed by atoms with Gasteiger partial charge in [0.1, 0.15) is 0 Å². The molecular weight excluding hydrogens is 387 g/mol. The summed E-state index contributed by atoms with van der Waals surface area (Å²) in [4.78, 5) is 33.4. The number of benzene rings is 1. The standard InChI is InChI=1S/C22H37N2O4P/c1-3-4-5-6-9-16-23-21(25)19-12-14-20(15-13-19)22(26)24-17-10-7-8-11-18-28-29(2)27/h12-15,27H,3-11,16-18H2,1-2H3,(H,23,25)(H,24,26). The smallest absolute Gasteiger partial charge is 0.251 e. The van der Waals surface area contributed by atoms with Gasteiger partial charge in [-0.25, -0.2) is 0 Å². The average molecular weight is 425 g/mol. The molecule has 1 unspecified atom stereocenters. The highest BCUT2D eigenvalue weighted by atomic mass is 31.2. The largest absolute Gasteiger partial charge is 0.352 e. The first-order valence-corrected chi connectivity index (χ1v) is 12.4. The molecule has 1 atom stereocenters. The molecule has 3 N–H and O–H groups in total. The minimum Gasteiger partial charge on any atom is -0.352 e. The molecule has 0 fully saturated rings. The number of amides is 2. The minimum atomic E-state index is -1.26. The van der Waals surface area contributed by atoms with Gasteiger partial charge in [0.15, 0.2) is 8.38 Å². The minimum absolute atomic E-state index is 0.0896. The molecule has 0 bridgehead atoms. The second-order valence-electron chi connectivity index (χ2n) is 7.22. The summed E-state index contributed by atoms with van der Waals surface area (Å²) in [5.41, 5.74) is 1.14. The van der Waals surface area contributed by atoms with Crippen molar-refractivity contribution in [1.29, 1.82) is 0 Å². The monoisotopic (exact) mass is 424 g/mol. The van der Waals surface area contributed by atoms with Gasteiger partial charge in [0.25, 0.3) is 11.8 Å². The van der Waals surface area contributed by atoms with Gasteiger partial charge >= 0.3 is 0 Å². The molecule has 1 rings (SSSR count). The van der Waals surface area contributed by atoms with Crippen LogP contribution in [0.1, 0.15) is 85.4 Å². The van der Waals surface area contributed by atoms with Crippen LogP contribution in [0, 0.1) is 0 Å². The molecule has 0 heterocycles. The molecule has 7 heteroatoms. The number of carbonyl (C=O) groups excluding carboxylic acids is 2. The van der Waals surface area contributed by atoms with E-state index in [1.807, 2.05) is 0 Å². The van der Waals surface area contributed by atoms with E-state index in [9.17, 15) is 9.59 Å². The number of nitrogens with one attached hydrogen (secondary N) is 2. The maximum Gasteiger partial charge on any atom is 0.251 e. The molecule has 0 aliphatic heterocycles. The van der Waals surface area contributed by atoms with Crippen molar-refractivity contribution in [2.45, 2.75) is 64.7 Å². The predicted octanol–water partition coefficient (Wildman–Crippen LogP) is 4.63. The second kappa shape index (κ2) is 16.3.